The second kappa shape index (κ2) is 5.50. The van der Waals surface area contributed by atoms with E-state index in [9.17, 15) is 4.79 Å². The maximum absolute atomic E-state index is 11.8. The van der Waals surface area contributed by atoms with E-state index in [1.54, 1.807) is 39.0 Å². The summed E-state index contributed by atoms with van der Waals surface area (Å²) in [6.07, 6.45) is 2.39. The zero-order valence-electron chi connectivity index (χ0n) is 11.4. The molecule has 0 saturated heterocycles. The molecule has 1 heterocycles. The molecule has 0 aliphatic carbocycles. The van der Waals surface area contributed by atoms with Crippen molar-refractivity contribution in [3.8, 4) is 5.69 Å². The average Bonchev–Trinajstić information content (AvgIpc) is 2.79. The third-order valence-corrected chi connectivity index (χ3v) is 2.49. The van der Waals surface area contributed by atoms with Crippen LogP contribution in [0.4, 0.5) is 10.5 Å². The van der Waals surface area contributed by atoms with E-state index in [2.05, 4.69) is 15.4 Å². The van der Waals surface area contributed by atoms with Crippen molar-refractivity contribution >= 4 is 23.4 Å². The Kier molecular flexibility index (Phi) is 3.94. The van der Waals surface area contributed by atoms with E-state index in [-0.39, 0.29) is 0 Å². The number of aromatic nitrogens is 3. The lowest BCUT2D eigenvalue weighted by Crippen LogP contribution is -2.27. The number of hydrogen-bond donors (Lipinski definition) is 1. The molecule has 0 aliphatic heterocycles. The Labute approximate surface area is 121 Å². The number of nitrogens with zero attached hydrogens (tertiary/aromatic N) is 3. The maximum Gasteiger partial charge on any atom is 0.412 e. The van der Waals surface area contributed by atoms with Crippen LogP contribution in [-0.2, 0) is 4.74 Å². The van der Waals surface area contributed by atoms with Crippen molar-refractivity contribution in [3.05, 3.63) is 35.9 Å². The van der Waals surface area contributed by atoms with E-state index in [1.807, 2.05) is 0 Å². The second-order valence-corrected chi connectivity index (χ2v) is 5.56. The van der Waals surface area contributed by atoms with Crippen LogP contribution in [0.1, 0.15) is 20.8 Å². The Hall–Kier alpha value is -2.08. The van der Waals surface area contributed by atoms with Crippen molar-refractivity contribution in [3.63, 3.8) is 0 Å². The highest BCUT2D eigenvalue weighted by Gasteiger charge is 2.18. The number of carbonyl (C=O) groups excluding carboxylic acids is 1. The summed E-state index contributed by atoms with van der Waals surface area (Å²) in [6, 6.07) is 5.07. The minimum Gasteiger partial charge on any atom is -0.444 e. The van der Waals surface area contributed by atoms with Crippen LogP contribution >= 0.6 is 11.6 Å². The van der Waals surface area contributed by atoms with Crippen LogP contribution in [0.5, 0.6) is 0 Å². The fourth-order valence-electron chi connectivity index (χ4n) is 1.55. The van der Waals surface area contributed by atoms with Crippen LogP contribution in [0, 0.1) is 0 Å². The average molecular weight is 295 g/mol. The molecule has 6 nitrogen and oxygen atoms in total. The van der Waals surface area contributed by atoms with Gasteiger partial charge in [-0.1, -0.05) is 11.6 Å². The quantitative estimate of drug-likeness (QED) is 0.923. The molecule has 0 radical (unpaired) electrons. The number of hydrogen-bond acceptors (Lipinski definition) is 4. The fraction of sp³-hybridized carbons (Fsp3) is 0.308. The number of anilines is 1. The third-order valence-electron chi connectivity index (χ3n) is 2.26. The molecule has 7 heteroatoms. The van der Waals surface area contributed by atoms with Crippen molar-refractivity contribution in [1.82, 2.24) is 14.8 Å². The van der Waals surface area contributed by atoms with Crippen LogP contribution < -0.4 is 5.32 Å². The molecule has 0 aliphatic rings. The van der Waals surface area contributed by atoms with Gasteiger partial charge in [-0.3, -0.25) is 5.32 Å². The molecular formula is C13H15ClN4O2. The van der Waals surface area contributed by atoms with Gasteiger partial charge in [-0.25, -0.2) is 14.5 Å². The minimum atomic E-state index is -0.573. The molecule has 0 unspecified atom stereocenters. The van der Waals surface area contributed by atoms with Gasteiger partial charge in [0.1, 0.15) is 18.3 Å². The van der Waals surface area contributed by atoms with Gasteiger partial charge in [0, 0.05) is 5.02 Å². The van der Waals surface area contributed by atoms with Gasteiger partial charge in [-0.05, 0) is 39.0 Å². The van der Waals surface area contributed by atoms with Crippen molar-refractivity contribution < 1.29 is 9.53 Å². The summed E-state index contributed by atoms with van der Waals surface area (Å²) in [5.74, 6) is 0. The summed E-state index contributed by atoms with van der Waals surface area (Å²) in [5, 5.41) is 7.19. The van der Waals surface area contributed by atoms with Crippen molar-refractivity contribution in [1.29, 1.82) is 0 Å². The van der Waals surface area contributed by atoms with Gasteiger partial charge in [0.15, 0.2) is 0 Å². The van der Waals surface area contributed by atoms with Crippen LogP contribution in [-0.4, -0.2) is 26.5 Å². The minimum absolute atomic E-state index is 0.497. The molecule has 0 bridgehead atoms. The first-order chi connectivity index (χ1) is 9.35. The summed E-state index contributed by atoms with van der Waals surface area (Å²) in [7, 11) is 0. The lowest BCUT2D eigenvalue weighted by Gasteiger charge is -2.20. The summed E-state index contributed by atoms with van der Waals surface area (Å²) in [4.78, 5) is 15.7. The summed E-state index contributed by atoms with van der Waals surface area (Å²) in [5.41, 5.74) is 0.575. The highest BCUT2D eigenvalue weighted by atomic mass is 35.5. The van der Waals surface area contributed by atoms with Gasteiger partial charge < -0.3 is 4.74 Å². The van der Waals surface area contributed by atoms with E-state index in [4.69, 9.17) is 16.3 Å². The summed E-state index contributed by atoms with van der Waals surface area (Å²) in [6.45, 7) is 5.38. The smallest absolute Gasteiger partial charge is 0.412 e. The Morgan fingerprint density at radius 3 is 2.75 bits per heavy atom. The molecule has 0 saturated carbocycles. The normalized spacial score (nSPS) is 11.2. The van der Waals surface area contributed by atoms with E-state index in [0.29, 0.717) is 16.4 Å². The highest BCUT2D eigenvalue weighted by molar-refractivity contribution is 6.31. The maximum atomic E-state index is 11.8. The van der Waals surface area contributed by atoms with Crippen molar-refractivity contribution in [2.75, 3.05) is 5.32 Å². The second-order valence-electron chi connectivity index (χ2n) is 5.13. The van der Waals surface area contributed by atoms with Gasteiger partial charge >= 0.3 is 6.09 Å². The number of halogens is 1. The Balaban J connectivity index is 2.27. The standard InChI is InChI=1S/C13H15ClN4O2/c1-13(2,3)20-12(19)17-10-6-9(14)4-5-11(10)18-8-15-7-16-18/h4-8H,1-3H3,(H,17,19). The van der Waals surface area contributed by atoms with E-state index < -0.39 is 11.7 Å². The van der Waals surface area contributed by atoms with Crippen LogP contribution in [0.15, 0.2) is 30.9 Å². The summed E-state index contributed by atoms with van der Waals surface area (Å²) >= 11 is 5.96. The number of nitrogens with one attached hydrogen (secondary N) is 1. The molecule has 1 amide bonds. The number of rotatable bonds is 2. The number of benzene rings is 1. The topological polar surface area (TPSA) is 69.0 Å². The molecule has 2 rings (SSSR count). The number of carbonyl (C=O) groups is 1. The van der Waals surface area contributed by atoms with Gasteiger partial charge in [0.05, 0.1) is 11.4 Å². The van der Waals surface area contributed by atoms with Crippen LogP contribution in [0.2, 0.25) is 5.02 Å². The van der Waals surface area contributed by atoms with E-state index >= 15 is 0 Å². The molecule has 1 N–H and O–H groups in total. The summed E-state index contributed by atoms with van der Waals surface area (Å²) < 4.78 is 6.75. The predicted molar refractivity (Wildman–Crippen MR) is 76.2 cm³/mol. The number of ether oxygens (including phenoxy) is 1. The van der Waals surface area contributed by atoms with Crippen LogP contribution in [0.3, 0.4) is 0 Å². The first kappa shape index (κ1) is 14.3. The zero-order chi connectivity index (χ0) is 14.8. The molecule has 1 aromatic heterocycles. The van der Waals surface area contributed by atoms with Crippen molar-refractivity contribution in [2.24, 2.45) is 0 Å². The van der Waals surface area contributed by atoms with Gasteiger partial charge in [-0.15, -0.1) is 0 Å². The highest BCUT2D eigenvalue weighted by Crippen LogP contribution is 2.24. The molecular weight excluding hydrogens is 280 g/mol. The Morgan fingerprint density at radius 2 is 2.15 bits per heavy atom. The SMILES string of the molecule is CC(C)(C)OC(=O)Nc1cc(Cl)ccc1-n1cncn1. The largest absolute Gasteiger partial charge is 0.444 e. The third kappa shape index (κ3) is 3.71. The monoisotopic (exact) mass is 294 g/mol. The lowest BCUT2D eigenvalue weighted by molar-refractivity contribution is 0.0636. The molecule has 20 heavy (non-hydrogen) atoms. The van der Waals surface area contributed by atoms with Gasteiger partial charge in [0.25, 0.3) is 0 Å². The first-order valence-electron chi connectivity index (χ1n) is 6.00. The fourth-order valence-corrected chi connectivity index (χ4v) is 1.73. The van der Waals surface area contributed by atoms with Crippen molar-refractivity contribution in [2.45, 2.75) is 26.4 Å². The van der Waals surface area contributed by atoms with E-state index in [0.717, 1.165) is 0 Å². The number of amides is 1. The first-order valence-corrected chi connectivity index (χ1v) is 6.37. The van der Waals surface area contributed by atoms with Crippen LogP contribution in [0.25, 0.3) is 5.69 Å². The zero-order valence-corrected chi connectivity index (χ0v) is 12.2. The molecule has 0 spiro atoms. The molecule has 0 atom stereocenters. The van der Waals surface area contributed by atoms with Gasteiger partial charge in [-0.2, -0.15) is 5.10 Å². The Morgan fingerprint density at radius 1 is 1.40 bits per heavy atom. The molecule has 0 fully saturated rings. The van der Waals surface area contributed by atoms with E-state index in [1.165, 1.54) is 17.3 Å². The molecule has 1 aromatic carbocycles. The van der Waals surface area contributed by atoms with Gasteiger partial charge in [0.2, 0.25) is 0 Å². The Bertz CT molecular complexity index is 605. The predicted octanol–water partition coefficient (Wildman–Crippen LogP) is 3.27. The lowest BCUT2D eigenvalue weighted by atomic mass is 10.2. The molecule has 2 aromatic rings. The molecule has 106 valence electrons.